The molecular formula is C13H25NO3. The molecule has 0 bridgehead atoms. The fourth-order valence-corrected chi connectivity index (χ4v) is 2.25. The summed E-state index contributed by atoms with van der Waals surface area (Å²) in [6, 6.07) is 0. The SMILES string of the molecule is CCCCOC(=O)CN1CCCC(C)(CO)C1. The van der Waals surface area contributed by atoms with Crippen LogP contribution < -0.4 is 0 Å². The van der Waals surface area contributed by atoms with E-state index < -0.39 is 0 Å². The van der Waals surface area contributed by atoms with Crippen molar-refractivity contribution in [2.45, 2.75) is 39.5 Å². The first kappa shape index (κ1) is 14.5. The van der Waals surface area contributed by atoms with Gasteiger partial charge in [0.2, 0.25) is 0 Å². The van der Waals surface area contributed by atoms with E-state index in [0.29, 0.717) is 13.2 Å². The fraction of sp³-hybridized carbons (Fsp3) is 0.923. The molecule has 4 nitrogen and oxygen atoms in total. The van der Waals surface area contributed by atoms with Crippen LogP contribution in [-0.2, 0) is 9.53 Å². The van der Waals surface area contributed by atoms with E-state index in [2.05, 4.69) is 18.7 Å². The number of ether oxygens (including phenoxy) is 1. The lowest BCUT2D eigenvalue weighted by Gasteiger charge is -2.38. The van der Waals surface area contributed by atoms with Crippen molar-refractivity contribution in [1.82, 2.24) is 4.90 Å². The number of rotatable bonds is 6. The maximum Gasteiger partial charge on any atom is 0.320 e. The Labute approximate surface area is 104 Å². The molecule has 0 saturated carbocycles. The van der Waals surface area contributed by atoms with E-state index >= 15 is 0 Å². The first-order valence-electron chi connectivity index (χ1n) is 6.58. The fourth-order valence-electron chi connectivity index (χ4n) is 2.25. The van der Waals surface area contributed by atoms with Crippen LogP contribution in [0.1, 0.15) is 39.5 Å². The van der Waals surface area contributed by atoms with Crippen LogP contribution >= 0.6 is 0 Å². The molecule has 0 aromatic rings. The zero-order valence-corrected chi connectivity index (χ0v) is 11.1. The third kappa shape index (κ3) is 5.04. The minimum atomic E-state index is -0.138. The van der Waals surface area contributed by atoms with Crippen LogP contribution in [0.25, 0.3) is 0 Å². The van der Waals surface area contributed by atoms with Gasteiger partial charge in [-0.25, -0.2) is 0 Å². The summed E-state index contributed by atoms with van der Waals surface area (Å²) < 4.78 is 5.14. The highest BCUT2D eigenvalue weighted by atomic mass is 16.5. The molecule has 1 aliphatic rings. The molecule has 1 saturated heterocycles. The number of nitrogens with zero attached hydrogens (tertiary/aromatic N) is 1. The number of hydrogen-bond donors (Lipinski definition) is 1. The predicted molar refractivity (Wildman–Crippen MR) is 66.7 cm³/mol. The summed E-state index contributed by atoms with van der Waals surface area (Å²) in [6.45, 7) is 6.94. The zero-order chi connectivity index (χ0) is 12.7. The lowest BCUT2D eigenvalue weighted by Crippen LogP contribution is -2.45. The molecule has 0 aromatic carbocycles. The maximum absolute atomic E-state index is 11.6. The Hall–Kier alpha value is -0.610. The van der Waals surface area contributed by atoms with Gasteiger partial charge in [-0.3, -0.25) is 9.69 Å². The topological polar surface area (TPSA) is 49.8 Å². The molecular weight excluding hydrogens is 218 g/mol. The molecule has 1 unspecified atom stereocenters. The molecule has 17 heavy (non-hydrogen) atoms. The van der Waals surface area contributed by atoms with Crippen LogP contribution in [0.15, 0.2) is 0 Å². The minimum Gasteiger partial charge on any atom is -0.465 e. The van der Waals surface area contributed by atoms with Crippen LogP contribution in [-0.4, -0.2) is 48.8 Å². The van der Waals surface area contributed by atoms with E-state index in [1.165, 1.54) is 0 Å². The maximum atomic E-state index is 11.6. The molecule has 4 heteroatoms. The van der Waals surface area contributed by atoms with Gasteiger partial charge < -0.3 is 9.84 Å². The first-order chi connectivity index (χ1) is 8.09. The molecule has 1 N–H and O–H groups in total. The van der Waals surface area contributed by atoms with Crippen molar-refractivity contribution in [3.63, 3.8) is 0 Å². The molecule has 0 spiro atoms. The lowest BCUT2D eigenvalue weighted by molar-refractivity contribution is -0.146. The summed E-state index contributed by atoms with van der Waals surface area (Å²) in [6.07, 6.45) is 4.05. The second-order valence-corrected chi connectivity index (χ2v) is 5.36. The number of piperidine rings is 1. The Morgan fingerprint density at radius 1 is 1.53 bits per heavy atom. The van der Waals surface area contributed by atoms with Crippen molar-refractivity contribution < 1.29 is 14.6 Å². The van der Waals surface area contributed by atoms with Gasteiger partial charge >= 0.3 is 5.97 Å². The van der Waals surface area contributed by atoms with Crippen molar-refractivity contribution in [2.24, 2.45) is 5.41 Å². The molecule has 0 aliphatic carbocycles. The predicted octanol–water partition coefficient (Wildman–Crippen LogP) is 1.42. The highest BCUT2D eigenvalue weighted by Gasteiger charge is 2.31. The van der Waals surface area contributed by atoms with Gasteiger partial charge in [0.05, 0.1) is 13.2 Å². The van der Waals surface area contributed by atoms with Gasteiger partial charge in [-0.05, 0) is 25.8 Å². The van der Waals surface area contributed by atoms with E-state index in [1.54, 1.807) is 0 Å². The zero-order valence-electron chi connectivity index (χ0n) is 11.1. The Morgan fingerprint density at radius 3 is 2.94 bits per heavy atom. The summed E-state index contributed by atoms with van der Waals surface area (Å²) in [7, 11) is 0. The minimum absolute atomic E-state index is 0.0536. The smallest absolute Gasteiger partial charge is 0.320 e. The Kier molecular flexibility index (Phi) is 5.92. The number of esters is 1. The molecule has 1 aliphatic heterocycles. The van der Waals surface area contributed by atoms with Gasteiger partial charge in [-0.2, -0.15) is 0 Å². The number of aliphatic hydroxyl groups is 1. The van der Waals surface area contributed by atoms with Crippen molar-refractivity contribution in [3.8, 4) is 0 Å². The summed E-state index contributed by atoms with van der Waals surface area (Å²) >= 11 is 0. The number of carbonyl (C=O) groups is 1. The van der Waals surface area contributed by atoms with E-state index in [1.807, 2.05) is 0 Å². The van der Waals surface area contributed by atoms with E-state index in [9.17, 15) is 9.90 Å². The normalized spacial score (nSPS) is 25.8. The largest absolute Gasteiger partial charge is 0.465 e. The van der Waals surface area contributed by atoms with Crippen LogP contribution in [0.2, 0.25) is 0 Å². The molecule has 1 rings (SSSR count). The van der Waals surface area contributed by atoms with Gasteiger partial charge in [0.1, 0.15) is 0 Å². The molecule has 0 amide bonds. The van der Waals surface area contributed by atoms with E-state index in [0.717, 1.165) is 38.8 Å². The number of aliphatic hydroxyl groups excluding tert-OH is 1. The molecule has 1 heterocycles. The number of likely N-dealkylation sites (tertiary alicyclic amines) is 1. The molecule has 100 valence electrons. The summed E-state index contributed by atoms with van der Waals surface area (Å²) in [4.78, 5) is 13.7. The van der Waals surface area contributed by atoms with Gasteiger partial charge in [-0.15, -0.1) is 0 Å². The summed E-state index contributed by atoms with van der Waals surface area (Å²) in [5, 5.41) is 9.33. The van der Waals surface area contributed by atoms with Crippen molar-refractivity contribution >= 4 is 5.97 Å². The molecule has 0 aromatic heterocycles. The second kappa shape index (κ2) is 6.97. The first-order valence-corrected chi connectivity index (χ1v) is 6.58. The van der Waals surface area contributed by atoms with Gasteiger partial charge in [0.25, 0.3) is 0 Å². The van der Waals surface area contributed by atoms with E-state index in [4.69, 9.17) is 4.74 Å². The average Bonchev–Trinajstić information content (AvgIpc) is 2.29. The highest BCUT2D eigenvalue weighted by Crippen LogP contribution is 2.28. The van der Waals surface area contributed by atoms with Crippen LogP contribution in [0.3, 0.4) is 0 Å². The molecule has 1 fully saturated rings. The van der Waals surface area contributed by atoms with Crippen LogP contribution in [0, 0.1) is 5.41 Å². The van der Waals surface area contributed by atoms with Crippen molar-refractivity contribution in [1.29, 1.82) is 0 Å². The standard InChI is InChI=1S/C13H25NO3/c1-3-4-8-17-12(16)9-14-7-5-6-13(2,10-14)11-15/h15H,3-11H2,1-2H3. The van der Waals surface area contributed by atoms with Gasteiger partial charge in [0, 0.05) is 18.6 Å². The quantitative estimate of drug-likeness (QED) is 0.566. The molecule has 1 atom stereocenters. The molecule has 0 radical (unpaired) electrons. The lowest BCUT2D eigenvalue weighted by atomic mass is 9.83. The summed E-state index contributed by atoms with van der Waals surface area (Å²) in [5.74, 6) is -0.138. The van der Waals surface area contributed by atoms with Crippen LogP contribution in [0.5, 0.6) is 0 Å². The number of hydrogen-bond acceptors (Lipinski definition) is 4. The second-order valence-electron chi connectivity index (χ2n) is 5.36. The van der Waals surface area contributed by atoms with Gasteiger partial charge in [-0.1, -0.05) is 20.3 Å². The highest BCUT2D eigenvalue weighted by molar-refractivity contribution is 5.71. The number of unbranched alkanes of at least 4 members (excludes halogenated alkanes) is 1. The Balaban J connectivity index is 2.28. The third-order valence-corrected chi connectivity index (χ3v) is 3.36. The van der Waals surface area contributed by atoms with Crippen LogP contribution in [0.4, 0.5) is 0 Å². The number of carbonyl (C=O) groups excluding carboxylic acids is 1. The van der Waals surface area contributed by atoms with Crippen molar-refractivity contribution in [2.75, 3.05) is 32.8 Å². The van der Waals surface area contributed by atoms with Crippen molar-refractivity contribution in [3.05, 3.63) is 0 Å². The third-order valence-electron chi connectivity index (χ3n) is 3.36. The van der Waals surface area contributed by atoms with E-state index in [-0.39, 0.29) is 18.0 Å². The average molecular weight is 243 g/mol. The summed E-state index contributed by atoms with van der Waals surface area (Å²) in [5.41, 5.74) is -0.0536. The monoisotopic (exact) mass is 243 g/mol. The Morgan fingerprint density at radius 2 is 2.29 bits per heavy atom. The Bertz CT molecular complexity index is 245. The van der Waals surface area contributed by atoms with Gasteiger partial charge in [0.15, 0.2) is 0 Å².